The van der Waals surface area contributed by atoms with E-state index in [9.17, 15) is 19.5 Å². The Morgan fingerprint density at radius 3 is 2.30 bits per heavy atom. The second kappa shape index (κ2) is 10.0. The lowest BCUT2D eigenvalue weighted by Crippen LogP contribution is -2.56. The normalized spacial score (nSPS) is 18.2. The number of alkyl carbamates (subject to hydrolysis) is 1. The lowest BCUT2D eigenvalue weighted by atomic mass is 9.98. The Bertz CT molecular complexity index is 994. The average molecular weight is 453 g/mol. The molecule has 0 bridgehead atoms. The predicted molar refractivity (Wildman–Crippen MR) is 121 cm³/mol. The number of nitrogens with zero attached hydrogens (tertiary/aromatic N) is 1. The second-order valence-corrected chi connectivity index (χ2v) is 8.36. The van der Waals surface area contributed by atoms with Gasteiger partial charge in [0.1, 0.15) is 18.7 Å². The fourth-order valence-electron chi connectivity index (χ4n) is 4.78. The summed E-state index contributed by atoms with van der Waals surface area (Å²) in [6.45, 7) is 0.378. The number of carbonyl (C=O) groups excluding carboxylic acids is 2. The highest BCUT2D eigenvalue weighted by molar-refractivity contribution is 5.89. The summed E-state index contributed by atoms with van der Waals surface area (Å²) in [7, 11) is 1.42. The van der Waals surface area contributed by atoms with E-state index in [1.165, 1.54) is 12.0 Å². The van der Waals surface area contributed by atoms with Gasteiger partial charge in [-0.1, -0.05) is 48.5 Å². The minimum absolute atomic E-state index is 0.0775. The molecule has 2 atom stereocenters. The van der Waals surface area contributed by atoms with E-state index in [0.29, 0.717) is 13.0 Å². The first-order chi connectivity index (χ1) is 16.0. The van der Waals surface area contributed by atoms with Crippen LogP contribution in [0.2, 0.25) is 0 Å². The number of aliphatic carboxylic acids is 1. The molecule has 1 fully saturated rings. The number of amides is 2. The number of carboxylic acids is 1. The van der Waals surface area contributed by atoms with Crippen molar-refractivity contribution in [2.75, 3.05) is 26.9 Å². The van der Waals surface area contributed by atoms with Crippen LogP contribution in [0.5, 0.6) is 0 Å². The Morgan fingerprint density at radius 1 is 1.06 bits per heavy atom. The van der Waals surface area contributed by atoms with Crippen molar-refractivity contribution < 1.29 is 29.0 Å². The molecule has 4 rings (SSSR count). The van der Waals surface area contributed by atoms with Gasteiger partial charge in [-0.3, -0.25) is 4.79 Å². The van der Waals surface area contributed by atoms with E-state index >= 15 is 0 Å². The molecule has 2 N–H and O–H groups in total. The molecule has 174 valence electrons. The molecule has 8 heteroatoms. The van der Waals surface area contributed by atoms with Gasteiger partial charge >= 0.3 is 12.1 Å². The molecule has 2 amide bonds. The number of hydrogen-bond acceptors (Lipinski definition) is 5. The number of rotatable bonds is 7. The molecule has 0 saturated carbocycles. The van der Waals surface area contributed by atoms with Gasteiger partial charge < -0.3 is 24.8 Å². The number of fused-ring (bicyclic) bond motifs is 3. The van der Waals surface area contributed by atoms with E-state index < -0.39 is 30.1 Å². The predicted octanol–water partition coefficient (Wildman–Crippen LogP) is 3.01. The maximum absolute atomic E-state index is 13.0. The summed E-state index contributed by atoms with van der Waals surface area (Å²) in [5, 5.41) is 12.1. The Kier molecular flexibility index (Phi) is 6.93. The summed E-state index contributed by atoms with van der Waals surface area (Å²) in [5.41, 5.74) is 4.43. The highest BCUT2D eigenvalue weighted by Crippen LogP contribution is 2.44. The zero-order valence-electron chi connectivity index (χ0n) is 18.5. The maximum Gasteiger partial charge on any atom is 0.407 e. The number of carboxylic acid groups (broad SMARTS) is 1. The van der Waals surface area contributed by atoms with Crippen molar-refractivity contribution in [3.05, 3.63) is 59.7 Å². The molecule has 1 aliphatic carbocycles. The highest BCUT2D eigenvalue weighted by atomic mass is 16.5. The number of hydrogen-bond donors (Lipinski definition) is 2. The molecule has 33 heavy (non-hydrogen) atoms. The van der Waals surface area contributed by atoms with Crippen LogP contribution < -0.4 is 5.32 Å². The Morgan fingerprint density at radius 2 is 1.70 bits per heavy atom. The third-order valence-corrected chi connectivity index (χ3v) is 6.34. The van der Waals surface area contributed by atoms with Gasteiger partial charge in [-0.2, -0.15) is 0 Å². The molecular formula is C25H28N2O6. The number of methoxy groups -OCH3 is 1. The van der Waals surface area contributed by atoms with Gasteiger partial charge in [-0.15, -0.1) is 0 Å². The SMILES string of the molecule is COC[C@H](NC(=O)OCC1c2ccccc2-c2ccccc21)C(=O)N1CCCC[C@@H]1C(=O)O. The average Bonchev–Trinajstić information content (AvgIpc) is 3.15. The molecule has 1 saturated heterocycles. The van der Waals surface area contributed by atoms with Gasteiger partial charge in [-0.25, -0.2) is 9.59 Å². The zero-order valence-corrected chi connectivity index (χ0v) is 18.5. The van der Waals surface area contributed by atoms with Crippen LogP contribution in [0.1, 0.15) is 36.3 Å². The van der Waals surface area contributed by atoms with E-state index in [2.05, 4.69) is 17.4 Å². The van der Waals surface area contributed by atoms with Gasteiger partial charge in [0.25, 0.3) is 0 Å². The molecule has 0 spiro atoms. The van der Waals surface area contributed by atoms with Gasteiger partial charge in [-0.05, 0) is 41.5 Å². The molecule has 0 aromatic heterocycles. The van der Waals surface area contributed by atoms with Gasteiger partial charge in [0.2, 0.25) is 5.91 Å². The summed E-state index contributed by atoms with van der Waals surface area (Å²) < 4.78 is 10.7. The number of carbonyl (C=O) groups is 3. The summed E-state index contributed by atoms with van der Waals surface area (Å²) in [5.74, 6) is -1.61. The van der Waals surface area contributed by atoms with Crippen LogP contribution in [0.3, 0.4) is 0 Å². The number of nitrogens with one attached hydrogen (secondary N) is 1. The number of likely N-dealkylation sites (tertiary alicyclic amines) is 1. The third-order valence-electron chi connectivity index (χ3n) is 6.34. The Labute approximate surface area is 192 Å². The quantitative estimate of drug-likeness (QED) is 0.669. The summed E-state index contributed by atoms with van der Waals surface area (Å²) in [6.07, 6.45) is 1.12. The fraction of sp³-hybridized carbons (Fsp3) is 0.400. The standard InChI is InChI=1S/C25H28N2O6/c1-32-15-21(23(28)27-13-7-6-12-22(27)24(29)30)26-25(31)33-14-20-18-10-4-2-8-16(18)17-9-3-5-11-19(17)20/h2-5,8-11,20-22H,6-7,12-15H2,1H3,(H,26,31)(H,29,30)/t21-,22+/m0/s1. The topological polar surface area (TPSA) is 105 Å². The van der Waals surface area contributed by atoms with E-state index in [1.54, 1.807) is 0 Å². The molecular weight excluding hydrogens is 424 g/mol. The van der Waals surface area contributed by atoms with E-state index in [0.717, 1.165) is 35.1 Å². The smallest absolute Gasteiger partial charge is 0.407 e. The molecule has 0 radical (unpaired) electrons. The summed E-state index contributed by atoms with van der Waals surface area (Å²) >= 11 is 0. The van der Waals surface area contributed by atoms with E-state index in [-0.39, 0.29) is 19.1 Å². The Hall–Kier alpha value is -3.39. The molecule has 1 heterocycles. The van der Waals surface area contributed by atoms with Crippen molar-refractivity contribution in [2.24, 2.45) is 0 Å². The molecule has 0 unspecified atom stereocenters. The van der Waals surface area contributed by atoms with Crippen LogP contribution in [-0.4, -0.2) is 66.9 Å². The van der Waals surface area contributed by atoms with Crippen LogP contribution in [0.25, 0.3) is 11.1 Å². The van der Waals surface area contributed by atoms with Crippen molar-refractivity contribution in [1.29, 1.82) is 0 Å². The third kappa shape index (κ3) is 4.71. The minimum Gasteiger partial charge on any atom is -0.480 e. The van der Waals surface area contributed by atoms with E-state index in [4.69, 9.17) is 9.47 Å². The van der Waals surface area contributed by atoms with Crippen LogP contribution in [0.15, 0.2) is 48.5 Å². The molecule has 8 nitrogen and oxygen atoms in total. The number of ether oxygens (including phenoxy) is 2. The van der Waals surface area contributed by atoms with Crippen LogP contribution in [-0.2, 0) is 19.1 Å². The van der Waals surface area contributed by atoms with Crippen LogP contribution >= 0.6 is 0 Å². The number of piperidine rings is 1. The van der Waals surface area contributed by atoms with Crippen molar-refractivity contribution in [2.45, 2.75) is 37.3 Å². The lowest BCUT2D eigenvalue weighted by Gasteiger charge is -2.35. The maximum atomic E-state index is 13.0. The van der Waals surface area contributed by atoms with Gasteiger partial charge in [0, 0.05) is 19.6 Å². The largest absolute Gasteiger partial charge is 0.480 e. The first kappa shape index (κ1) is 22.8. The van der Waals surface area contributed by atoms with Gasteiger partial charge in [0.15, 0.2) is 0 Å². The molecule has 2 aromatic rings. The Balaban J connectivity index is 1.43. The van der Waals surface area contributed by atoms with Crippen molar-refractivity contribution in [1.82, 2.24) is 10.2 Å². The van der Waals surface area contributed by atoms with Crippen molar-refractivity contribution in [3.8, 4) is 11.1 Å². The summed E-state index contributed by atoms with van der Waals surface area (Å²) in [6, 6.07) is 14.1. The minimum atomic E-state index is -1.04. The molecule has 1 aliphatic heterocycles. The second-order valence-electron chi connectivity index (χ2n) is 8.36. The van der Waals surface area contributed by atoms with Crippen molar-refractivity contribution >= 4 is 18.0 Å². The first-order valence-electron chi connectivity index (χ1n) is 11.1. The zero-order chi connectivity index (χ0) is 23.4. The summed E-state index contributed by atoms with van der Waals surface area (Å²) in [4.78, 5) is 38.6. The molecule has 2 aromatic carbocycles. The van der Waals surface area contributed by atoms with E-state index in [1.807, 2.05) is 36.4 Å². The fourth-order valence-corrected chi connectivity index (χ4v) is 4.78. The first-order valence-corrected chi connectivity index (χ1v) is 11.1. The van der Waals surface area contributed by atoms with Gasteiger partial charge in [0.05, 0.1) is 6.61 Å². The van der Waals surface area contributed by atoms with Crippen LogP contribution in [0, 0.1) is 0 Å². The molecule has 2 aliphatic rings. The number of benzene rings is 2. The monoisotopic (exact) mass is 452 g/mol. The van der Waals surface area contributed by atoms with Crippen molar-refractivity contribution in [3.63, 3.8) is 0 Å². The van der Waals surface area contributed by atoms with Crippen LogP contribution in [0.4, 0.5) is 4.79 Å². The highest BCUT2D eigenvalue weighted by Gasteiger charge is 2.36. The lowest BCUT2D eigenvalue weighted by molar-refractivity contribution is -0.153.